The zero-order chi connectivity index (χ0) is 16.4. The molecular formula is C21H18NPS. The third-order valence-corrected chi connectivity index (χ3v) is 8.60. The van der Waals surface area contributed by atoms with E-state index in [1.165, 1.54) is 20.7 Å². The fraction of sp³-hybridized carbons (Fsp3) is 0.0476. The Kier molecular flexibility index (Phi) is 4.10. The largest absolute Gasteiger partial charge is 0.248 e. The van der Waals surface area contributed by atoms with E-state index in [-0.39, 0.29) is 0 Å². The van der Waals surface area contributed by atoms with Crippen LogP contribution in [0.5, 0.6) is 0 Å². The molecule has 0 unspecified atom stereocenters. The number of nitrogens with zero attached hydrogens (tertiary/aromatic N) is 1. The van der Waals surface area contributed by atoms with Gasteiger partial charge in [0.05, 0.1) is 0 Å². The fourth-order valence-electron chi connectivity index (χ4n) is 2.92. The van der Waals surface area contributed by atoms with Crippen molar-refractivity contribution in [3.8, 4) is 0 Å². The van der Waals surface area contributed by atoms with E-state index >= 15 is 0 Å². The number of thiophene rings is 1. The first-order valence-corrected chi connectivity index (χ1v) is 11.0. The molecule has 0 aliphatic rings. The van der Waals surface area contributed by atoms with Crippen LogP contribution in [0.3, 0.4) is 0 Å². The fourth-order valence-corrected chi connectivity index (χ4v) is 6.86. The van der Waals surface area contributed by atoms with Crippen LogP contribution in [-0.2, 0) is 0 Å². The monoisotopic (exact) mass is 347 g/mol. The lowest BCUT2D eigenvalue weighted by atomic mass is 10.3. The number of hydrogen-bond acceptors (Lipinski definition) is 2. The summed E-state index contributed by atoms with van der Waals surface area (Å²) in [5.74, 6) is 0. The molecule has 0 N–H and O–H groups in total. The van der Waals surface area contributed by atoms with Crippen molar-refractivity contribution in [2.24, 2.45) is 4.74 Å². The molecule has 0 aliphatic carbocycles. The lowest BCUT2D eigenvalue weighted by Gasteiger charge is -2.20. The molecule has 0 fully saturated rings. The van der Waals surface area contributed by atoms with Gasteiger partial charge in [-0.2, -0.15) is 0 Å². The maximum atomic E-state index is 5.30. The molecule has 0 spiro atoms. The van der Waals surface area contributed by atoms with Gasteiger partial charge >= 0.3 is 0 Å². The van der Waals surface area contributed by atoms with E-state index in [0.717, 1.165) is 5.00 Å². The van der Waals surface area contributed by atoms with E-state index in [9.17, 15) is 0 Å². The Balaban J connectivity index is 1.96. The average molecular weight is 347 g/mol. The van der Waals surface area contributed by atoms with Crippen LogP contribution in [-0.4, -0.2) is 6.66 Å². The normalized spacial score (nSPS) is 11.5. The Labute approximate surface area is 146 Å². The zero-order valence-corrected chi connectivity index (χ0v) is 15.2. The van der Waals surface area contributed by atoms with Gasteiger partial charge in [0.25, 0.3) is 0 Å². The molecule has 3 aromatic carbocycles. The van der Waals surface area contributed by atoms with Gasteiger partial charge in [-0.15, -0.1) is 11.3 Å². The van der Waals surface area contributed by atoms with Gasteiger partial charge in [-0.05, 0) is 34.8 Å². The Morgan fingerprint density at radius 2 is 1.25 bits per heavy atom. The minimum Gasteiger partial charge on any atom is -0.248 e. The SMILES string of the molecule is CP(=Nc1cc2ccccc2s1)(c1ccccc1)c1ccccc1. The van der Waals surface area contributed by atoms with Crippen molar-refractivity contribution >= 4 is 44.1 Å². The second kappa shape index (κ2) is 6.39. The summed E-state index contributed by atoms with van der Waals surface area (Å²) >= 11 is 1.77. The highest BCUT2D eigenvalue weighted by Gasteiger charge is 2.19. The lowest BCUT2D eigenvalue weighted by molar-refractivity contribution is 1.66. The van der Waals surface area contributed by atoms with E-state index in [4.69, 9.17) is 4.74 Å². The van der Waals surface area contributed by atoms with Crippen LogP contribution in [0.15, 0.2) is 95.7 Å². The van der Waals surface area contributed by atoms with E-state index in [1.807, 2.05) is 0 Å². The van der Waals surface area contributed by atoms with Gasteiger partial charge in [0, 0.05) is 11.8 Å². The first kappa shape index (κ1) is 15.4. The van der Waals surface area contributed by atoms with Crippen molar-refractivity contribution in [3.63, 3.8) is 0 Å². The summed E-state index contributed by atoms with van der Waals surface area (Å²) in [5, 5.41) is 5.01. The predicted molar refractivity (Wildman–Crippen MR) is 109 cm³/mol. The van der Waals surface area contributed by atoms with Crippen LogP contribution in [0.25, 0.3) is 10.1 Å². The van der Waals surface area contributed by atoms with E-state index in [2.05, 4.69) is 97.7 Å². The maximum absolute atomic E-state index is 5.30. The highest BCUT2D eigenvalue weighted by atomic mass is 32.1. The van der Waals surface area contributed by atoms with Crippen LogP contribution >= 0.6 is 18.4 Å². The van der Waals surface area contributed by atoms with Crippen molar-refractivity contribution in [2.75, 3.05) is 6.66 Å². The summed E-state index contributed by atoms with van der Waals surface area (Å²) in [4.78, 5) is 0. The van der Waals surface area contributed by atoms with Crippen molar-refractivity contribution in [1.29, 1.82) is 0 Å². The van der Waals surface area contributed by atoms with Gasteiger partial charge in [0.1, 0.15) is 5.00 Å². The molecular weight excluding hydrogens is 329 g/mol. The Morgan fingerprint density at radius 3 is 1.83 bits per heavy atom. The van der Waals surface area contributed by atoms with Crippen molar-refractivity contribution in [1.82, 2.24) is 0 Å². The summed E-state index contributed by atoms with van der Waals surface area (Å²) in [6.45, 7) is 2.31. The van der Waals surface area contributed by atoms with Crippen molar-refractivity contribution in [2.45, 2.75) is 0 Å². The molecule has 4 aromatic rings. The first-order chi connectivity index (χ1) is 11.8. The molecule has 0 saturated heterocycles. The van der Waals surface area contributed by atoms with Crippen LogP contribution in [0.1, 0.15) is 0 Å². The predicted octanol–water partition coefficient (Wildman–Crippen LogP) is 6.01. The standard InChI is InChI=1S/C21H18NPS/c1-23(18-11-4-2-5-12-18,19-13-6-3-7-14-19)22-21-16-17-10-8-9-15-20(17)24-21/h2-16H,1H3. The quantitative estimate of drug-likeness (QED) is 0.402. The molecule has 118 valence electrons. The molecule has 4 rings (SSSR count). The van der Waals surface area contributed by atoms with Gasteiger partial charge in [0.15, 0.2) is 0 Å². The summed E-state index contributed by atoms with van der Waals surface area (Å²) < 4.78 is 6.59. The highest BCUT2D eigenvalue weighted by molar-refractivity contribution is 7.80. The zero-order valence-electron chi connectivity index (χ0n) is 13.5. The molecule has 3 heteroatoms. The van der Waals surface area contributed by atoms with Gasteiger partial charge in [0.2, 0.25) is 0 Å². The van der Waals surface area contributed by atoms with Crippen LogP contribution in [0.4, 0.5) is 5.00 Å². The molecule has 0 aliphatic heterocycles. The van der Waals surface area contributed by atoms with E-state index in [0.29, 0.717) is 0 Å². The van der Waals surface area contributed by atoms with Crippen LogP contribution in [0, 0.1) is 0 Å². The summed E-state index contributed by atoms with van der Waals surface area (Å²) in [6, 6.07) is 32.1. The molecule has 1 heterocycles. The van der Waals surface area contributed by atoms with Gasteiger partial charge in [-0.1, -0.05) is 78.9 Å². The molecule has 24 heavy (non-hydrogen) atoms. The summed E-state index contributed by atoms with van der Waals surface area (Å²) in [7, 11) is -1.82. The van der Waals surface area contributed by atoms with Crippen LogP contribution < -0.4 is 10.6 Å². The second-order valence-corrected chi connectivity index (χ2v) is 10.1. The third-order valence-electron chi connectivity index (χ3n) is 4.23. The van der Waals surface area contributed by atoms with Gasteiger partial charge in [-0.3, -0.25) is 0 Å². The molecule has 0 bridgehead atoms. The number of rotatable bonds is 3. The lowest BCUT2D eigenvalue weighted by Crippen LogP contribution is -2.14. The molecule has 0 radical (unpaired) electrons. The smallest absolute Gasteiger partial charge is 0.116 e. The maximum Gasteiger partial charge on any atom is 0.116 e. The van der Waals surface area contributed by atoms with E-state index in [1.54, 1.807) is 11.3 Å². The highest BCUT2D eigenvalue weighted by Crippen LogP contribution is 2.48. The molecule has 1 nitrogen and oxygen atoms in total. The number of hydrogen-bond donors (Lipinski definition) is 0. The van der Waals surface area contributed by atoms with E-state index < -0.39 is 7.05 Å². The van der Waals surface area contributed by atoms with Crippen molar-refractivity contribution in [3.05, 3.63) is 91.0 Å². The second-order valence-electron chi connectivity index (χ2n) is 5.85. The molecule has 1 aromatic heterocycles. The summed E-state index contributed by atoms with van der Waals surface area (Å²) in [6.07, 6.45) is 0. The summed E-state index contributed by atoms with van der Waals surface area (Å²) in [5.41, 5.74) is 0. The third kappa shape index (κ3) is 2.84. The topological polar surface area (TPSA) is 12.4 Å². The number of benzene rings is 3. The average Bonchev–Trinajstić information content (AvgIpc) is 3.05. The van der Waals surface area contributed by atoms with Crippen molar-refractivity contribution < 1.29 is 0 Å². The minimum atomic E-state index is -1.82. The molecule has 0 saturated carbocycles. The number of fused-ring (bicyclic) bond motifs is 1. The molecule has 0 atom stereocenters. The van der Waals surface area contributed by atoms with Gasteiger partial charge < -0.3 is 0 Å². The Morgan fingerprint density at radius 1 is 0.708 bits per heavy atom. The van der Waals surface area contributed by atoms with Gasteiger partial charge in [-0.25, -0.2) is 4.74 Å². The Bertz CT molecular complexity index is 943. The Hall–Kier alpha value is -2.15. The minimum absolute atomic E-state index is 1.11. The molecule has 0 amide bonds. The van der Waals surface area contributed by atoms with Crippen LogP contribution in [0.2, 0.25) is 0 Å². The first-order valence-electron chi connectivity index (χ1n) is 7.95.